The van der Waals surface area contributed by atoms with E-state index >= 15 is 0 Å². The largest absolute Gasteiger partial charge is 0.490 e. The summed E-state index contributed by atoms with van der Waals surface area (Å²) in [5.41, 5.74) is 0. The molecule has 1 aliphatic heterocycles. The van der Waals surface area contributed by atoms with Crippen molar-refractivity contribution >= 4 is 23.4 Å². The van der Waals surface area contributed by atoms with Gasteiger partial charge < -0.3 is 4.74 Å². The molecule has 5 heteroatoms. The van der Waals surface area contributed by atoms with Crippen LogP contribution in [0.5, 0.6) is 5.75 Å². The monoisotopic (exact) mass is 305 g/mol. The number of carbonyl (C=O) groups excluding carboxylic acids is 2. The Morgan fingerprint density at radius 2 is 1.71 bits per heavy atom. The minimum Gasteiger partial charge on any atom is -0.490 e. The Balaban J connectivity index is 1.60. The van der Waals surface area contributed by atoms with Crippen LogP contribution in [0.1, 0.15) is 12.8 Å². The van der Waals surface area contributed by atoms with Crippen molar-refractivity contribution in [2.75, 3.05) is 13.2 Å². The zero-order valence-corrected chi connectivity index (χ0v) is 12.3. The number of benzene rings is 1. The van der Waals surface area contributed by atoms with E-state index in [4.69, 9.17) is 16.3 Å². The Hall–Kier alpha value is -1.81. The van der Waals surface area contributed by atoms with Gasteiger partial charge in [-0.05, 0) is 25.0 Å². The van der Waals surface area contributed by atoms with Crippen LogP contribution in [0.2, 0.25) is 5.02 Å². The van der Waals surface area contributed by atoms with Gasteiger partial charge in [0.25, 0.3) is 0 Å². The van der Waals surface area contributed by atoms with Crippen molar-refractivity contribution in [3.63, 3.8) is 0 Å². The summed E-state index contributed by atoms with van der Waals surface area (Å²) in [5, 5.41) is 0.523. The SMILES string of the molecule is O=C1[C@H]2CC=CC[C@H]2C(=O)N1CCOc1ccccc1Cl. The smallest absolute Gasteiger partial charge is 0.233 e. The fourth-order valence-corrected chi connectivity index (χ4v) is 3.09. The highest BCUT2D eigenvalue weighted by molar-refractivity contribution is 6.32. The molecule has 1 saturated heterocycles. The van der Waals surface area contributed by atoms with Gasteiger partial charge in [-0.15, -0.1) is 0 Å². The molecule has 0 bridgehead atoms. The first kappa shape index (κ1) is 14.1. The topological polar surface area (TPSA) is 46.6 Å². The van der Waals surface area contributed by atoms with Crippen molar-refractivity contribution in [3.05, 3.63) is 41.4 Å². The summed E-state index contributed by atoms with van der Waals surface area (Å²) in [6.45, 7) is 0.532. The molecule has 4 nitrogen and oxygen atoms in total. The molecule has 0 aromatic heterocycles. The van der Waals surface area contributed by atoms with Crippen LogP contribution in [0.15, 0.2) is 36.4 Å². The number of fused-ring (bicyclic) bond motifs is 1. The van der Waals surface area contributed by atoms with Crippen molar-refractivity contribution in [2.24, 2.45) is 11.8 Å². The number of halogens is 1. The van der Waals surface area contributed by atoms with Crippen molar-refractivity contribution in [2.45, 2.75) is 12.8 Å². The van der Waals surface area contributed by atoms with E-state index in [1.807, 2.05) is 24.3 Å². The van der Waals surface area contributed by atoms with E-state index in [1.54, 1.807) is 12.1 Å². The Labute approximate surface area is 128 Å². The van der Waals surface area contributed by atoms with E-state index < -0.39 is 0 Å². The van der Waals surface area contributed by atoms with Crippen molar-refractivity contribution < 1.29 is 14.3 Å². The Morgan fingerprint density at radius 1 is 1.10 bits per heavy atom. The van der Waals surface area contributed by atoms with Crippen LogP contribution in [0, 0.1) is 11.8 Å². The van der Waals surface area contributed by atoms with Gasteiger partial charge in [-0.3, -0.25) is 14.5 Å². The number of nitrogens with zero attached hydrogens (tertiary/aromatic N) is 1. The standard InChI is InChI=1S/C16H16ClNO3/c17-13-7-3-4-8-14(13)21-10-9-18-15(19)11-5-1-2-6-12(11)16(18)20/h1-4,7-8,11-12H,5-6,9-10H2/t11-,12+. The molecular formula is C16H16ClNO3. The van der Waals surface area contributed by atoms with Gasteiger partial charge >= 0.3 is 0 Å². The summed E-state index contributed by atoms with van der Waals surface area (Å²) in [5.74, 6) is 0.0668. The molecular weight excluding hydrogens is 290 g/mol. The van der Waals surface area contributed by atoms with E-state index in [0.29, 0.717) is 23.6 Å². The maximum atomic E-state index is 12.2. The van der Waals surface area contributed by atoms with E-state index in [2.05, 4.69) is 0 Å². The first-order valence-corrected chi connectivity index (χ1v) is 7.44. The number of hydrogen-bond acceptors (Lipinski definition) is 3. The highest BCUT2D eigenvalue weighted by atomic mass is 35.5. The normalized spacial score (nSPS) is 24.3. The number of carbonyl (C=O) groups is 2. The molecule has 1 aromatic carbocycles. The van der Waals surface area contributed by atoms with Crippen molar-refractivity contribution in [3.8, 4) is 5.75 Å². The second-order valence-corrected chi connectivity index (χ2v) is 5.67. The fraction of sp³-hybridized carbons (Fsp3) is 0.375. The third kappa shape index (κ3) is 2.68. The lowest BCUT2D eigenvalue weighted by Crippen LogP contribution is -2.34. The Morgan fingerprint density at radius 3 is 2.33 bits per heavy atom. The number of likely N-dealkylation sites (tertiary alicyclic amines) is 1. The van der Waals surface area contributed by atoms with Crippen LogP contribution in [0.4, 0.5) is 0 Å². The molecule has 21 heavy (non-hydrogen) atoms. The predicted molar refractivity (Wildman–Crippen MR) is 79.0 cm³/mol. The second kappa shape index (κ2) is 5.90. The summed E-state index contributed by atoms with van der Waals surface area (Å²) in [6, 6.07) is 7.15. The average molecular weight is 306 g/mol. The van der Waals surface area contributed by atoms with Crippen molar-refractivity contribution in [1.82, 2.24) is 4.90 Å². The van der Waals surface area contributed by atoms with E-state index in [9.17, 15) is 9.59 Å². The molecule has 1 aliphatic carbocycles. The number of imide groups is 1. The zero-order chi connectivity index (χ0) is 14.8. The van der Waals surface area contributed by atoms with E-state index in [0.717, 1.165) is 0 Å². The molecule has 1 fully saturated rings. The zero-order valence-electron chi connectivity index (χ0n) is 11.5. The molecule has 0 unspecified atom stereocenters. The Bertz CT molecular complexity index is 573. The number of allylic oxidation sites excluding steroid dienone is 2. The van der Waals surface area contributed by atoms with Gasteiger partial charge in [-0.2, -0.15) is 0 Å². The number of amides is 2. The van der Waals surface area contributed by atoms with Crippen LogP contribution < -0.4 is 4.74 Å². The lowest BCUT2D eigenvalue weighted by Gasteiger charge is -2.15. The van der Waals surface area contributed by atoms with Gasteiger partial charge in [0.2, 0.25) is 11.8 Å². The second-order valence-electron chi connectivity index (χ2n) is 5.26. The molecule has 0 saturated carbocycles. The summed E-state index contributed by atoms with van der Waals surface area (Å²) >= 11 is 6.00. The van der Waals surface area contributed by atoms with Gasteiger partial charge in [0.05, 0.1) is 23.4 Å². The Kier molecular flexibility index (Phi) is 3.97. The molecule has 1 aromatic rings. The minimum absolute atomic E-state index is 0.0721. The van der Waals surface area contributed by atoms with Crippen LogP contribution in [0.25, 0.3) is 0 Å². The molecule has 2 aliphatic rings. The summed E-state index contributed by atoms with van der Waals surface area (Å²) in [7, 11) is 0. The van der Waals surface area contributed by atoms with Gasteiger partial charge in [0, 0.05) is 0 Å². The van der Waals surface area contributed by atoms with Gasteiger partial charge in [-0.1, -0.05) is 35.9 Å². The van der Waals surface area contributed by atoms with Gasteiger partial charge in [-0.25, -0.2) is 0 Å². The molecule has 2 amide bonds. The molecule has 0 radical (unpaired) electrons. The molecule has 1 heterocycles. The van der Waals surface area contributed by atoms with Crippen LogP contribution >= 0.6 is 11.6 Å². The maximum absolute atomic E-state index is 12.2. The number of hydrogen-bond donors (Lipinski definition) is 0. The van der Waals surface area contributed by atoms with Crippen LogP contribution in [-0.4, -0.2) is 29.9 Å². The predicted octanol–water partition coefficient (Wildman–Crippen LogP) is 2.67. The van der Waals surface area contributed by atoms with Crippen molar-refractivity contribution in [1.29, 1.82) is 0 Å². The first-order chi connectivity index (χ1) is 10.2. The van der Waals surface area contributed by atoms with Crippen LogP contribution in [-0.2, 0) is 9.59 Å². The number of para-hydroxylation sites is 1. The highest BCUT2D eigenvalue weighted by Gasteiger charge is 2.46. The third-order valence-corrected chi connectivity index (χ3v) is 4.32. The first-order valence-electron chi connectivity index (χ1n) is 7.06. The molecule has 3 rings (SSSR count). The van der Waals surface area contributed by atoms with E-state index in [1.165, 1.54) is 4.90 Å². The summed E-state index contributed by atoms with van der Waals surface area (Å²) in [4.78, 5) is 25.8. The molecule has 2 atom stereocenters. The fourth-order valence-electron chi connectivity index (χ4n) is 2.90. The number of ether oxygens (including phenoxy) is 1. The summed E-state index contributed by atoms with van der Waals surface area (Å²) < 4.78 is 5.56. The molecule has 0 N–H and O–H groups in total. The quantitative estimate of drug-likeness (QED) is 0.634. The lowest BCUT2D eigenvalue weighted by molar-refractivity contribution is -0.140. The lowest BCUT2D eigenvalue weighted by atomic mass is 9.85. The van der Waals surface area contributed by atoms with Crippen LogP contribution in [0.3, 0.4) is 0 Å². The highest BCUT2D eigenvalue weighted by Crippen LogP contribution is 2.34. The molecule has 0 spiro atoms. The summed E-state index contributed by atoms with van der Waals surface area (Å²) in [6.07, 6.45) is 5.29. The van der Waals surface area contributed by atoms with Gasteiger partial charge in [0.15, 0.2) is 0 Å². The van der Waals surface area contributed by atoms with Gasteiger partial charge in [0.1, 0.15) is 12.4 Å². The average Bonchev–Trinajstić information content (AvgIpc) is 2.74. The molecule has 110 valence electrons. The minimum atomic E-state index is -0.178. The maximum Gasteiger partial charge on any atom is 0.233 e. The third-order valence-electron chi connectivity index (χ3n) is 4.01. The number of rotatable bonds is 4. The van der Waals surface area contributed by atoms with E-state index in [-0.39, 0.29) is 36.8 Å².